The van der Waals surface area contributed by atoms with Crippen LogP contribution in [-0.2, 0) is 12.3 Å². The predicted octanol–water partition coefficient (Wildman–Crippen LogP) is 7.22. The summed E-state index contributed by atoms with van der Waals surface area (Å²) >= 11 is 4.36. The van der Waals surface area contributed by atoms with E-state index in [1.54, 1.807) is 0 Å². The van der Waals surface area contributed by atoms with E-state index in [2.05, 4.69) is 125 Å². The van der Waals surface area contributed by atoms with Gasteiger partial charge in [-0.05, 0) is 40.5 Å². The SMILES string of the molecule is SCc1ccc(-c2cc(N(CCCN3C=CC=CC=C3)Cc3cccc4ccccc34)on2)cc1. The van der Waals surface area contributed by atoms with E-state index in [0.717, 1.165) is 48.9 Å². The van der Waals surface area contributed by atoms with Gasteiger partial charge in [-0.3, -0.25) is 0 Å². The maximum atomic E-state index is 5.89. The lowest BCUT2D eigenvalue weighted by atomic mass is 10.0. The van der Waals surface area contributed by atoms with Crippen LogP contribution >= 0.6 is 12.6 Å². The lowest BCUT2D eigenvalue weighted by Gasteiger charge is -2.24. The minimum atomic E-state index is 0.723. The molecule has 176 valence electrons. The molecule has 5 heteroatoms. The van der Waals surface area contributed by atoms with E-state index < -0.39 is 0 Å². The van der Waals surface area contributed by atoms with Crippen molar-refractivity contribution in [2.75, 3.05) is 18.0 Å². The van der Waals surface area contributed by atoms with E-state index in [-0.39, 0.29) is 0 Å². The van der Waals surface area contributed by atoms with Gasteiger partial charge in [-0.2, -0.15) is 12.6 Å². The summed E-state index contributed by atoms with van der Waals surface area (Å²) in [7, 11) is 0. The van der Waals surface area contributed by atoms with Crippen molar-refractivity contribution in [3.8, 4) is 11.3 Å². The number of thiol groups is 1. The number of fused-ring (bicyclic) bond motifs is 1. The van der Waals surface area contributed by atoms with E-state index in [1.807, 2.05) is 12.2 Å². The zero-order chi connectivity index (χ0) is 23.9. The predicted molar refractivity (Wildman–Crippen MR) is 148 cm³/mol. The standard InChI is InChI=1S/C30H29N3OS/c35-23-24-13-15-26(16-14-24)29-21-30(34-31-29)33(20-8-19-32-17-5-1-2-6-18-32)22-27-11-7-10-25-9-3-4-12-28(25)27/h1-7,9-18,21,35H,8,19-20,22-23H2. The van der Waals surface area contributed by atoms with Crippen LogP contribution in [0.1, 0.15) is 17.5 Å². The molecule has 4 aromatic rings. The number of anilines is 1. The van der Waals surface area contributed by atoms with E-state index in [0.29, 0.717) is 0 Å². The Morgan fingerprint density at radius 1 is 0.857 bits per heavy atom. The Morgan fingerprint density at radius 2 is 1.63 bits per heavy atom. The van der Waals surface area contributed by atoms with E-state index in [4.69, 9.17) is 4.52 Å². The summed E-state index contributed by atoms with van der Waals surface area (Å²) in [5, 5.41) is 6.92. The average molecular weight is 480 g/mol. The zero-order valence-corrected chi connectivity index (χ0v) is 20.5. The van der Waals surface area contributed by atoms with Crippen LogP contribution in [0.4, 0.5) is 5.88 Å². The molecule has 1 aliphatic heterocycles. The highest BCUT2D eigenvalue weighted by atomic mass is 32.1. The molecule has 0 unspecified atom stereocenters. The largest absolute Gasteiger partial charge is 0.354 e. The second kappa shape index (κ2) is 11.2. The molecule has 0 atom stereocenters. The van der Waals surface area contributed by atoms with Gasteiger partial charge in [-0.1, -0.05) is 84.0 Å². The molecule has 2 heterocycles. The summed E-state index contributed by atoms with van der Waals surface area (Å²) in [6.07, 6.45) is 13.4. The van der Waals surface area contributed by atoms with Crippen molar-refractivity contribution in [1.29, 1.82) is 0 Å². The molecule has 0 bridgehead atoms. The Balaban J connectivity index is 1.38. The minimum Gasteiger partial charge on any atom is -0.354 e. The number of hydrogen-bond acceptors (Lipinski definition) is 5. The van der Waals surface area contributed by atoms with Crippen molar-refractivity contribution < 1.29 is 4.52 Å². The summed E-state index contributed by atoms with van der Waals surface area (Å²) in [6, 6.07) is 25.4. The highest BCUT2D eigenvalue weighted by Crippen LogP contribution is 2.28. The van der Waals surface area contributed by atoms with Crippen molar-refractivity contribution in [3.63, 3.8) is 0 Å². The summed E-state index contributed by atoms with van der Waals surface area (Å²) in [5.74, 6) is 1.51. The molecule has 4 nitrogen and oxygen atoms in total. The topological polar surface area (TPSA) is 32.5 Å². The van der Waals surface area contributed by atoms with Crippen molar-refractivity contribution in [2.24, 2.45) is 0 Å². The first kappa shape index (κ1) is 23.1. The first-order valence-electron chi connectivity index (χ1n) is 12.0. The van der Waals surface area contributed by atoms with Gasteiger partial charge in [0, 0.05) is 49.4 Å². The quantitative estimate of drug-likeness (QED) is 0.257. The third-order valence-electron chi connectivity index (χ3n) is 6.22. The molecule has 0 saturated heterocycles. The van der Waals surface area contributed by atoms with Crippen LogP contribution in [0.25, 0.3) is 22.0 Å². The van der Waals surface area contributed by atoms with Gasteiger partial charge in [0.15, 0.2) is 0 Å². The second-order valence-corrected chi connectivity index (χ2v) is 8.94. The van der Waals surface area contributed by atoms with E-state index >= 15 is 0 Å². The Bertz CT molecular complexity index is 1330. The van der Waals surface area contributed by atoms with Gasteiger partial charge in [0.05, 0.1) is 0 Å². The fraction of sp³-hybridized carbons (Fsp3) is 0.167. The van der Waals surface area contributed by atoms with Crippen molar-refractivity contribution in [3.05, 3.63) is 121 Å². The Hall–Kier alpha value is -3.70. The maximum Gasteiger partial charge on any atom is 0.228 e. The molecule has 0 N–H and O–H groups in total. The second-order valence-electron chi connectivity index (χ2n) is 8.62. The molecule has 0 saturated carbocycles. The fourth-order valence-corrected chi connectivity index (χ4v) is 4.54. The smallest absolute Gasteiger partial charge is 0.228 e. The van der Waals surface area contributed by atoms with Crippen molar-refractivity contribution in [2.45, 2.75) is 18.7 Å². The van der Waals surface area contributed by atoms with Crippen LogP contribution in [-0.4, -0.2) is 23.1 Å². The van der Waals surface area contributed by atoms with Crippen LogP contribution in [0.5, 0.6) is 0 Å². The van der Waals surface area contributed by atoms with E-state index in [1.165, 1.54) is 21.9 Å². The molecule has 35 heavy (non-hydrogen) atoms. The summed E-state index contributed by atoms with van der Waals surface area (Å²) in [4.78, 5) is 4.51. The minimum absolute atomic E-state index is 0.723. The molecule has 3 aromatic carbocycles. The molecule has 5 rings (SSSR count). The Kier molecular flexibility index (Phi) is 7.35. The summed E-state index contributed by atoms with van der Waals surface area (Å²) in [5.41, 5.74) is 4.35. The first-order valence-corrected chi connectivity index (χ1v) is 12.6. The Labute approximate surface area is 212 Å². The van der Waals surface area contributed by atoms with Gasteiger partial charge >= 0.3 is 0 Å². The third-order valence-corrected chi connectivity index (χ3v) is 6.58. The van der Waals surface area contributed by atoms with Gasteiger partial charge in [0.1, 0.15) is 5.69 Å². The van der Waals surface area contributed by atoms with Crippen LogP contribution < -0.4 is 4.90 Å². The molecular formula is C30H29N3OS. The van der Waals surface area contributed by atoms with Gasteiger partial charge in [0.25, 0.3) is 0 Å². The average Bonchev–Trinajstić information content (AvgIpc) is 3.25. The number of nitrogens with zero attached hydrogens (tertiary/aromatic N) is 3. The molecule has 1 aliphatic rings. The van der Waals surface area contributed by atoms with Gasteiger partial charge in [-0.15, -0.1) is 0 Å². The van der Waals surface area contributed by atoms with Crippen LogP contribution in [0.15, 0.2) is 114 Å². The molecule has 0 spiro atoms. The first-order chi connectivity index (χ1) is 17.3. The zero-order valence-electron chi connectivity index (χ0n) is 19.6. The molecule has 0 amide bonds. The summed E-state index contributed by atoms with van der Waals surface area (Å²) < 4.78 is 5.89. The third kappa shape index (κ3) is 5.69. The molecule has 1 aromatic heterocycles. The van der Waals surface area contributed by atoms with Crippen LogP contribution in [0.2, 0.25) is 0 Å². The molecule has 0 fully saturated rings. The molecule has 0 aliphatic carbocycles. The summed E-state index contributed by atoms with van der Waals surface area (Å²) in [6.45, 7) is 2.52. The van der Waals surface area contributed by atoms with Gasteiger partial charge in [-0.25, -0.2) is 0 Å². The monoisotopic (exact) mass is 479 g/mol. The Morgan fingerprint density at radius 3 is 2.43 bits per heavy atom. The maximum absolute atomic E-state index is 5.89. The number of allylic oxidation sites excluding steroid dienone is 4. The highest BCUT2D eigenvalue weighted by molar-refractivity contribution is 7.79. The molecular weight excluding hydrogens is 450 g/mol. The van der Waals surface area contributed by atoms with Crippen LogP contribution in [0.3, 0.4) is 0 Å². The lowest BCUT2D eigenvalue weighted by molar-refractivity contribution is 0.411. The number of benzene rings is 3. The van der Waals surface area contributed by atoms with Gasteiger partial charge in [0.2, 0.25) is 5.88 Å². The fourth-order valence-electron chi connectivity index (χ4n) is 4.33. The normalized spacial score (nSPS) is 12.9. The van der Waals surface area contributed by atoms with E-state index in [9.17, 15) is 0 Å². The highest BCUT2D eigenvalue weighted by Gasteiger charge is 2.16. The van der Waals surface area contributed by atoms with Crippen molar-refractivity contribution >= 4 is 29.3 Å². The van der Waals surface area contributed by atoms with Gasteiger partial charge < -0.3 is 14.3 Å². The van der Waals surface area contributed by atoms with Crippen molar-refractivity contribution in [1.82, 2.24) is 10.1 Å². The lowest BCUT2D eigenvalue weighted by Crippen LogP contribution is -2.26. The number of rotatable bonds is 9. The number of aromatic nitrogens is 1. The molecule has 0 radical (unpaired) electrons. The number of hydrogen-bond donors (Lipinski definition) is 1. The van der Waals surface area contributed by atoms with Crippen LogP contribution in [0, 0.1) is 0 Å².